The van der Waals surface area contributed by atoms with Crippen LogP contribution in [0.15, 0.2) is 0 Å². The number of carboxylic acids is 2. The summed E-state index contributed by atoms with van der Waals surface area (Å²) < 4.78 is 10.0. The van der Waals surface area contributed by atoms with Crippen LogP contribution in [0.3, 0.4) is 0 Å². The molecule has 0 aliphatic carbocycles. The Morgan fingerprint density at radius 2 is 0.943 bits per heavy atom. The van der Waals surface area contributed by atoms with Crippen LogP contribution in [0.5, 0.6) is 0 Å². The maximum absolute atomic E-state index is 10.2. The molecule has 0 bridgehead atoms. The molecule has 0 saturated carbocycles. The summed E-state index contributed by atoms with van der Waals surface area (Å²) in [7, 11) is 0. The summed E-state index contributed by atoms with van der Waals surface area (Å²) in [5, 5.41) is 102. The van der Waals surface area contributed by atoms with Crippen molar-refractivity contribution in [3.63, 3.8) is 0 Å². The van der Waals surface area contributed by atoms with Crippen molar-refractivity contribution in [3.05, 3.63) is 10.6 Å². The molecule has 2 fully saturated rings. The quantitative estimate of drug-likeness (QED) is 0.107. The summed E-state index contributed by atoms with van der Waals surface area (Å²) in [5.74, 6) is -2.59. The molecule has 2 rings (SSSR count). The summed E-state index contributed by atoms with van der Waals surface area (Å²) in [6.07, 6.45) is -13.9. The van der Waals surface area contributed by atoms with Gasteiger partial charge < -0.3 is 80.8 Å². The molecule has 0 aromatic rings. The number of hydrogen-bond donors (Lipinski definition) is 8. The van der Waals surface area contributed by atoms with Gasteiger partial charge in [0.2, 0.25) is 0 Å². The number of aliphatic carboxylic acids is 2. The van der Waals surface area contributed by atoms with Gasteiger partial charge in [0.25, 0.3) is 0 Å². The molecule has 2 aliphatic rings. The normalized spacial score (nSPS) is 36.9. The minimum atomic E-state index is -1.50. The van der Waals surface area contributed by atoms with E-state index in [4.69, 9.17) is 19.7 Å². The van der Waals surface area contributed by atoms with Crippen molar-refractivity contribution in [1.82, 2.24) is 0 Å². The fourth-order valence-electron chi connectivity index (χ4n) is 3.03. The molecular formula is C18H30N2O14Pd-2. The van der Waals surface area contributed by atoms with Crippen LogP contribution in [0.4, 0.5) is 0 Å². The van der Waals surface area contributed by atoms with Crippen LogP contribution in [-0.4, -0.2) is 140 Å². The number of aliphatic hydroxyl groups excluding tert-OH is 8. The second kappa shape index (κ2) is 16.8. The van der Waals surface area contributed by atoms with E-state index in [1.54, 1.807) is 0 Å². The molecule has 2 heterocycles. The Hall–Kier alpha value is -0.878. The predicted molar refractivity (Wildman–Crippen MR) is 103 cm³/mol. The van der Waals surface area contributed by atoms with E-state index in [2.05, 4.69) is 10.6 Å². The summed E-state index contributed by atoms with van der Waals surface area (Å²) >= 11 is 0. The first-order chi connectivity index (χ1) is 15.9. The van der Waals surface area contributed by atoms with E-state index in [1.165, 1.54) is 0 Å². The first-order valence-electron chi connectivity index (χ1n) is 10.3. The van der Waals surface area contributed by atoms with Crippen molar-refractivity contribution in [3.8, 4) is 0 Å². The molecule has 2 saturated heterocycles. The Morgan fingerprint density at radius 1 is 0.629 bits per heavy atom. The van der Waals surface area contributed by atoms with Crippen LogP contribution in [-0.2, 0) is 39.5 Å². The van der Waals surface area contributed by atoms with E-state index in [9.17, 15) is 50.4 Å². The van der Waals surface area contributed by atoms with Gasteiger partial charge in [-0.25, -0.2) is 0 Å². The molecule has 0 radical (unpaired) electrons. The van der Waals surface area contributed by atoms with Crippen molar-refractivity contribution < 1.29 is 90.6 Å². The molecule has 10 unspecified atom stereocenters. The molecule has 0 spiro atoms. The average Bonchev–Trinajstić information content (AvgIpc) is 2.79. The van der Waals surface area contributed by atoms with Gasteiger partial charge in [-0.05, 0) is 25.3 Å². The zero-order valence-electron chi connectivity index (χ0n) is 18.3. The largest absolute Gasteiger partial charge is 2.00 e. The fraction of sp³-hybridized carbons (Fsp3) is 0.889. The van der Waals surface area contributed by atoms with Crippen LogP contribution in [0, 0.1) is 0 Å². The summed E-state index contributed by atoms with van der Waals surface area (Å²) in [5.41, 5.74) is 0. The molecule has 0 amide bonds. The predicted octanol–water partition coefficient (Wildman–Crippen LogP) is -7.40. The van der Waals surface area contributed by atoms with E-state index >= 15 is 0 Å². The monoisotopic (exact) mass is 604 g/mol. The van der Waals surface area contributed by atoms with Gasteiger partial charge in [-0.2, -0.15) is 0 Å². The summed E-state index contributed by atoms with van der Waals surface area (Å²) in [6.45, 7) is -1.38. The van der Waals surface area contributed by atoms with Gasteiger partial charge >= 0.3 is 20.4 Å². The van der Waals surface area contributed by atoms with Crippen LogP contribution < -0.4 is 10.2 Å². The van der Waals surface area contributed by atoms with E-state index in [0.717, 1.165) is 0 Å². The van der Waals surface area contributed by atoms with Crippen molar-refractivity contribution in [2.75, 3.05) is 26.3 Å². The minimum Gasteiger partial charge on any atom is -0.634 e. The van der Waals surface area contributed by atoms with E-state index in [-0.39, 0.29) is 46.4 Å². The van der Waals surface area contributed by atoms with Gasteiger partial charge in [-0.3, -0.25) is 0 Å². The molecule has 16 nitrogen and oxygen atoms in total. The van der Waals surface area contributed by atoms with Gasteiger partial charge in [0.1, 0.15) is 36.6 Å². The summed E-state index contributed by atoms with van der Waals surface area (Å²) in [4.78, 5) is 20.3. The standard InChI is InChI=1S/2C9H16NO7.Pd/c2*11-3-4-6(14)7(15)8(16)9(17-4)10-2-1-5(12)13;/h2*4,6-9,11,14-16H,1-3H2,(H,12,13);/q2*-1;+2/p-2. The fourth-order valence-corrected chi connectivity index (χ4v) is 3.03. The molecule has 0 aromatic carbocycles. The third-order valence-corrected chi connectivity index (χ3v) is 4.98. The molecule has 8 N–H and O–H groups in total. The Labute approximate surface area is 213 Å². The second-order valence-corrected chi connectivity index (χ2v) is 7.50. The van der Waals surface area contributed by atoms with Gasteiger partial charge in [0.05, 0.1) is 25.4 Å². The third kappa shape index (κ3) is 10.6. The number of carbonyl (C=O) groups is 2. The molecular weight excluding hydrogens is 575 g/mol. The molecule has 0 aromatic heterocycles. The number of carboxylic acid groups (broad SMARTS) is 2. The molecule has 208 valence electrons. The minimum absolute atomic E-state index is 0. The topological polar surface area (TPSA) is 289 Å². The number of ether oxygens (including phenoxy) is 2. The van der Waals surface area contributed by atoms with Crippen molar-refractivity contribution in [2.45, 2.75) is 74.1 Å². The Balaban J connectivity index is 0.000000642. The van der Waals surface area contributed by atoms with Crippen LogP contribution in [0.2, 0.25) is 0 Å². The number of nitrogens with zero attached hydrogens (tertiary/aromatic N) is 2. The van der Waals surface area contributed by atoms with Gasteiger partial charge in [0.15, 0.2) is 0 Å². The van der Waals surface area contributed by atoms with E-state index in [0.29, 0.717) is 0 Å². The van der Waals surface area contributed by atoms with Crippen LogP contribution in [0.25, 0.3) is 10.6 Å². The first-order valence-corrected chi connectivity index (χ1v) is 10.3. The first kappa shape index (κ1) is 34.1. The van der Waals surface area contributed by atoms with Crippen molar-refractivity contribution >= 4 is 11.9 Å². The number of hydrogen-bond acceptors (Lipinski definition) is 14. The van der Waals surface area contributed by atoms with Gasteiger partial charge in [-0.15, -0.1) is 13.1 Å². The molecule has 2 aliphatic heterocycles. The van der Waals surface area contributed by atoms with E-state index < -0.39 is 86.4 Å². The van der Waals surface area contributed by atoms with E-state index in [1.807, 2.05) is 0 Å². The zero-order chi connectivity index (χ0) is 26.0. The maximum Gasteiger partial charge on any atom is 2.00 e. The number of carbonyl (C=O) groups excluding carboxylic acids is 2. The van der Waals surface area contributed by atoms with Gasteiger partial charge in [0, 0.05) is 11.9 Å². The van der Waals surface area contributed by atoms with Crippen molar-refractivity contribution in [1.29, 1.82) is 0 Å². The van der Waals surface area contributed by atoms with Gasteiger partial charge in [-0.1, -0.05) is 0 Å². The third-order valence-electron chi connectivity index (χ3n) is 4.98. The zero-order valence-corrected chi connectivity index (χ0v) is 19.8. The van der Waals surface area contributed by atoms with Crippen LogP contribution in [0.1, 0.15) is 12.8 Å². The smallest absolute Gasteiger partial charge is 0.634 e. The summed E-state index contributed by atoms with van der Waals surface area (Å²) in [6, 6.07) is 0. The maximum atomic E-state index is 10.2. The SMILES string of the molecule is O=C([O-])CC[N-]C1OC(CO)C(O)C(O)C1O.O=C([O-])CC[N-]C1OC(CO)C(O)C(O)C1O.[Pd+2]. The Morgan fingerprint density at radius 3 is 1.20 bits per heavy atom. The number of rotatable bonds is 10. The van der Waals surface area contributed by atoms with Crippen LogP contribution >= 0.6 is 0 Å². The average molecular weight is 605 g/mol. The Kier molecular flexibility index (Phi) is 16.4. The second-order valence-electron chi connectivity index (χ2n) is 7.50. The number of aliphatic hydroxyl groups is 8. The van der Waals surface area contributed by atoms with Crippen molar-refractivity contribution in [2.24, 2.45) is 0 Å². The molecule has 35 heavy (non-hydrogen) atoms. The Bertz CT molecular complexity index is 578. The molecule has 17 heteroatoms. The molecule has 10 atom stereocenters.